The van der Waals surface area contributed by atoms with E-state index < -0.39 is 34.0 Å². The van der Waals surface area contributed by atoms with Gasteiger partial charge >= 0.3 is 11.9 Å². The van der Waals surface area contributed by atoms with Gasteiger partial charge in [0.15, 0.2) is 6.04 Å². The van der Waals surface area contributed by atoms with E-state index in [0.29, 0.717) is 5.76 Å². The third-order valence-electron chi connectivity index (χ3n) is 4.91. The van der Waals surface area contributed by atoms with Crippen LogP contribution in [0, 0.1) is 6.92 Å². The van der Waals surface area contributed by atoms with Gasteiger partial charge in [0.25, 0.3) is 0 Å². The highest BCUT2D eigenvalue weighted by atomic mass is 32.2. The number of sulfonamides is 1. The first-order valence-corrected chi connectivity index (χ1v) is 11.4. The summed E-state index contributed by atoms with van der Waals surface area (Å²) < 4.78 is 44.2. The SMILES string of the molecule is CCOC(=O)C1=CC[C@@H](c2ccco2)N(S(=O)(=O)c2ccc(C)cc2)[C@H]1C(=O)OCC. The monoisotopic (exact) mass is 447 g/mol. The van der Waals surface area contributed by atoms with Crippen molar-refractivity contribution in [1.82, 2.24) is 4.31 Å². The standard InChI is InChI=1S/C22H25NO7S/c1-4-28-21(24)17-12-13-18(19-7-6-14-30-19)23(20(17)22(25)29-5-2)31(26,27)16-10-8-15(3)9-11-16/h6-12,14,18,20H,4-5,13H2,1-3H3/t18-,20+/m0/s1. The summed E-state index contributed by atoms with van der Waals surface area (Å²) in [7, 11) is -4.22. The second-order valence-electron chi connectivity index (χ2n) is 6.95. The van der Waals surface area contributed by atoms with Crippen LogP contribution in [0.25, 0.3) is 0 Å². The number of benzene rings is 1. The molecule has 166 valence electrons. The van der Waals surface area contributed by atoms with Crippen LogP contribution in [0.2, 0.25) is 0 Å². The van der Waals surface area contributed by atoms with Crippen molar-refractivity contribution in [1.29, 1.82) is 0 Å². The first-order valence-electron chi connectivity index (χ1n) is 9.98. The fraction of sp³-hybridized carbons (Fsp3) is 0.364. The molecule has 3 rings (SSSR count). The van der Waals surface area contributed by atoms with E-state index in [0.717, 1.165) is 9.87 Å². The quantitative estimate of drug-likeness (QED) is 0.601. The van der Waals surface area contributed by atoms with Gasteiger partial charge < -0.3 is 13.9 Å². The van der Waals surface area contributed by atoms with Crippen molar-refractivity contribution < 1.29 is 31.9 Å². The zero-order chi connectivity index (χ0) is 22.6. The highest BCUT2D eigenvalue weighted by molar-refractivity contribution is 7.89. The van der Waals surface area contributed by atoms with Crippen molar-refractivity contribution in [2.75, 3.05) is 13.2 Å². The molecular weight excluding hydrogens is 422 g/mol. The van der Waals surface area contributed by atoms with Crippen LogP contribution in [-0.4, -0.2) is 43.9 Å². The summed E-state index contributed by atoms with van der Waals surface area (Å²) in [5.41, 5.74) is 0.813. The van der Waals surface area contributed by atoms with Crippen LogP contribution in [0.3, 0.4) is 0 Å². The first kappa shape index (κ1) is 22.8. The lowest BCUT2D eigenvalue weighted by atomic mass is 9.96. The van der Waals surface area contributed by atoms with E-state index in [2.05, 4.69) is 0 Å². The van der Waals surface area contributed by atoms with Crippen LogP contribution in [0.1, 0.15) is 37.6 Å². The Morgan fingerprint density at radius 1 is 1.10 bits per heavy atom. The maximum Gasteiger partial charge on any atom is 0.335 e. The summed E-state index contributed by atoms with van der Waals surface area (Å²) in [6, 6.07) is 7.19. The van der Waals surface area contributed by atoms with Crippen molar-refractivity contribution in [2.24, 2.45) is 0 Å². The van der Waals surface area contributed by atoms with Crippen LogP contribution < -0.4 is 0 Å². The van der Waals surface area contributed by atoms with E-state index in [1.807, 2.05) is 6.92 Å². The molecule has 0 bridgehead atoms. The molecule has 1 aromatic carbocycles. The van der Waals surface area contributed by atoms with Crippen molar-refractivity contribution in [3.63, 3.8) is 0 Å². The highest BCUT2D eigenvalue weighted by Crippen LogP contribution is 2.39. The van der Waals surface area contributed by atoms with Crippen molar-refractivity contribution in [2.45, 2.75) is 44.2 Å². The van der Waals surface area contributed by atoms with Gasteiger partial charge in [-0.15, -0.1) is 0 Å². The minimum absolute atomic E-state index is 0.00550. The van der Waals surface area contributed by atoms with E-state index in [4.69, 9.17) is 13.9 Å². The molecule has 1 aromatic heterocycles. The molecule has 2 heterocycles. The average molecular weight is 448 g/mol. The molecule has 0 unspecified atom stereocenters. The molecule has 2 atom stereocenters. The number of rotatable bonds is 7. The maximum atomic E-state index is 13.7. The Labute approximate surface area is 181 Å². The lowest BCUT2D eigenvalue weighted by Gasteiger charge is -2.38. The van der Waals surface area contributed by atoms with Gasteiger partial charge in [0.1, 0.15) is 5.76 Å². The number of ether oxygens (including phenoxy) is 2. The molecule has 0 amide bonds. The van der Waals surface area contributed by atoms with Crippen molar-refractivity contribution in [3.8, 4) is 0 Å². The summed E-state index contributed by atoms with van der Waals surface area (Å²) in [6.07, 6.45) is 3.08. The Bertz CT molecular complexity index is 1060. The predicted octanol–water partition coefficient (Wildman–Crippen LogP) is 3.14. The number of hydrogen-bond donors (Lipinski definition) is 0. The van der Waals surface area contributed by atoms with Crippen LogP contribution >= 0.6 is 0 Å². The summed E-state index contributed by atoms with van der Waals surface area (Å²) >= 11 is 0. The van der Waals surface area contributed by atoms with E-state index in [9.17, 15) is 18.0 Å². The molecule has 0 saturated heterocycles. The maximum absolute atomic E-state index is 13.7. The van der Waals surface area contributed by atoms with Gasteiger partial charge in [0, 0.05) is 0 Å². The Hall–Kier alpha value is -2.91. The topological polar surface area (TPSA) is 103 Å². The molecule has 0 radical (unpaired) electrons. The number of furan rings is 1. The van der Waals surface area contributed by atoms with Gasteiger partial charge in [-0.25, -0.2) is 18.0 Å². The molecule has 31 heavy (non-hydrogen) atoms. The second-order valence-corrected chi connectivity index (χ2v) is 8.79. The molecule has 0 spiro atoms. The largest absolute Gasteiger partial charge is 0.468 e. The summed E-state index contributed by atoms with van der Waals surface area (Å²) in [4.78, 5) is 25.6. The zero-order valence-corrected chi connectivity index (χ0v) is 18.4. The number of nitrogens with zero attached hydrogens (tertiary/aromatic N) is 1. The van der Waals surface area contributed by atoms with Gasteiger partial charge in [-0.3, -0.25) is 0 Å². The van der Waals surface area contributed by atoms with Crippen LogP contribution in [0.15, 0.2) is 63.6 Å². The Balaban J connectivity index is 2.20. The summed E-state index contributed by atoms with van der Waals surface area (Å²) in [5.74, 6) is -1.26. The lowest BCUT2D eigenvalue weighted by Crippen LogP contribution is -2.52. The molecule has 1 aliphatic heterocycles. The van der Waals surface area contributed by atoms with Crippen LogP contribution in [0.4, 0.5) is 0 Å². The molecule has 8 nitrogen and oxygen atoms in total. The van der Waals surface area contributed by atoms with Gasteiger partial charge in [-0.2, -0.15) is 4.31 Å². The Morgan fingerprint density at radius 3 is 2.35 bits per heavy atom. The highest BCUT2D eigenvalue weighted by Gasteiger charge is 2.49. The number of aryl methyl sites for hydroxylation is 1. The smallest absolute Gasteiger partial charge is 0.335 e. The second kappa shape index (κ2) is 9.49. The zero-order valence-electron chi connectivity index (χ0n) is 17.6. The fourth-order valence-electron chi connectivity index (χ4n) is 3.49. The molecule has 0 fully saturated rings. The number of hydrogen-bond acceptors (Lipinski definition) is 7. The molecule has 0 aliphatic carbocycles. The fourth-order valence-corrected chi connectivity index (χ4v) is 5.22. The molecule has 1 aliphatic rings. The molecule has 9 heteroatoms. The Morgan fingerprint density at radius 2 is 1.77 bits per heavy atom. The van der Waals surface area contributed by atoms with Crippen LogP contribution in [0.5, 0.6) is 0 Å². The molecule has 0 N–H and O–H groups in total. The van der Waals surface area contributed by atoms with E-state index in [1.54, 1.807) is 38.1 Å². The third kappa shape index (κ3) is 4.57. The van der Waals surface area contributed by atoms with Gasteiger partial charge in [-0.05, 0) is 51.5 Å². The Kier molecular flexibility index (Phi) is 6.97. The van der Waals surface area contributed by atoms with Gasteiger partial charge in [0.05, 0.1) is 36.0 Å². The summed E-state index contributed by atoms with van der Waals surface area (Å²) in [6.45, 7) is 5.18. The van der Waals surface area contributed by atoms with E-state index >= 15 is 0 Å². The average Bonchev–Trinajstić information content (AvgIpc) is 3.28. The van der Waals surface area contributed by atoms with Crippen molar-refractivity contribution >= 4 is 22.0 Å². The predicted molar refractivity (Wildman–Crippen MR) is 111 cm³/mol. The van der Waals surface area contributed by atoms with E-state index in [-0.39, 0.29) is 30.1 Å². The van der Waals surface area contributed by atoms with Gasteiger partial charge in [-0.1, -0.05) is 23.8 Å². The minimum Gasteiger partial charge on any atom is -0.468 e. The van der Waals surface area contributed by atoms with E-state index in [1.165, 1.54) is 24.5 Å². The lowest BCUT2D eigenvalue weighted by molar-refractivity contribution is -0.150. The minimum atomic E-state index is -4.22. The molecular formula is C22H25NO7S. The number of carbonyl (C=O) groups excluding carboxylic acids is 2. The molecule has 2 aromatic rings. The first-order chi connectivity index (χ1) is 14.8. The third-order valence-corrected chi connectivity index (χ3v) is 6.79. The normalized spacial score (nSPS) is 19.5. The van der Waals surface area contributed by atoms with Gasteiger partial charge in [0.2, 0.25) is 10.0 Å². The summed E-state index contributed by atoms with van der Waals surface area (Å²) in [5, 5.41) is 0. The number of esters is 2. The number of carbonyl (C=O) groups is 2. The van der Waals surface area contributed by atoms with Crippen molar-refractivity contribution in [3.05, 3.63) is 65.6 Å². The van der Waals surface area contributed by atoms with Crippen LogP contribution in [-0.2, 0) is 29.1 Å². The molecule has 0 saturated carbocycles.